The van der Waals surface area contributed by atoms with Gasteiger partial charge in [0.1, 0.15) is 18.3 Å². The van der Waals surface area contributed by atoms with Gasteiger partial charge < -0.3 is 24.8 Å². The molecule has 1 aromatic heterocycles. The van der Waals surface area contributed by atoms with Crippen LogP contribution < -0.4 is 11.2 Å². The van der Waals surface area contributed by atoms with E-state index in [-0.39, 0.29) is 12.2 Å². The highest BCUT2D eigenvalue weighted by atomic mass is 16.6. The zero-order valence-electron chi connectivity index (χ0n) is 15.0. The lowest BCUT2D eigenvalue weighted by Crippen LogP contribution is -2.39. The summed E-state index contributed by atoms with van der Waals surface area (Å²) < 4.78 is 11.8. The molecule has 0 bridgehead atoms. The van der Waals surface area contributed by atoms with Crippen LogP contribution in [0, 0.1) is 0 Å². The van der Waals surface area contributed by atoms with Gasteiger partial charge in [-0.15, -0.1) is 0 Å². The second-order valence-corrected chi connectivity index (χ2v) is 6.52. The molecule has 0 aliphatic carbocycles. The second-order valence-electron chi connectivity index (χ2n) is 6.52. The number of aliphatic hydroxyl groups is 3. The smallest absolute Gasteiger partial charge is 0.330 e. The Morgan fingerprint density at radius 2 is 1.92 bits per heavy atom. The molecule has 9 heteroatoms. The van der Waals surface area contributed by atoms with Gasteiger partial charge in [-0.25, -0.2) is 4.79 Å². The molecule has 0 spiro atoms. The minimum atomic E-state index is -1.40. The van der Waals surface area contributed by atoms with Crippen LogP contribution in [0.15, 0.2) is 15.8 Å². The standard InChI is InChI=1S/C17H28N2O7/c1-2-3-4-5-6-7-25-10-11-8-19(17(24)18-15(11)23)16-14(22)13(21)12(9-20)26-16/h8,12-14,16,20-22H,2-7,9-10H2,1H3,(H,18,23,24)/t12-,13-,14-,16-/m1/s1. The summed E-state index contributed by atoms with van der Waals surface area (Å²) in [5.74, 6) is 0. The minimum absolute atomic E-state index is 0.0260. The first-order chi connectivity index (χ1) is 12.5. The monoisotopic (exact) mass is 372 g/mol. The van der Waals surface area contributed by atoms with Crippen LogP contribution in [0.3, 0.4) is 0 Å². The summed E-state index contributed by atoms with van der Waals surface area (Å²) in [6.45, 7) is 2.18. The molecule has 0 aromatic carbocycles. The van der Waals surface area contributed by atoms with Crippen molar-refractivity contribution in [3.8, 4) is 0 Å². The van der Waals surface area contributed by atoms with Crippen LogP contribution in [0.25, 0.3) is 0 Å². The fraction of sp³-hybridized carbons (Fsp3) is 0.765. The molecular formula is C17H28N2O7. The van der Waals surface area contributed by atoms with Crippen molar-refractivity contribution in [3.05, 3.63) is 32.6 Å². The first-order valence-electron chi connectivity index (χ1n) is 9.04. The van der Waals surface area contributed by atoms with Gasteiger partial charge in [0.25, 0.3) is 5.56 Å². The third kappa shape index (κ3) is 5.01. The highest BCUT2D eigenvalue weighted by Crippen LogP contribution is 2.27. The Morgan fingerprint density at radius 1 is 1.19 bits per heavy atom. The lowest BCUT2D eigenvalue weighted by molar-refractivity contribution is -0.0553. The van der Waals surface area contributed by atoms with Crippen LogP contribution >= 0.6 is 0 Å². The number of nitrogens with zero attached hydrogens (tertiary/aromatic N) is 1. The maximum absolute atomic E-state index is 12.0. The molecule has 0 amide bonds. The third-order valence-corrected chi connectivity index (χ3v) is 4.48. The number of hydrogen-bond donors (Lipinski definition) is 4. The van der Waals surface area contributed by atoms with E-state index in [0.29, 0.717) is 6.61 Å². The molecule has 148 valence electrons. The largest absolute Gasteiger partial charge is 0.394 e. The molecule has 1 fully saturated rings. The number of unbranched alkanes of at least 4 members (excludes halogenated alkanes) is 4. The van der Waals surface area contributed by atoms with Gasteiger partial charge in [0.2, 0.25) is 0 Å². The Morgan fingerprint density at radius 3 is 2.58 bits per heavy atom. The van der Waals surface area contributed by atoms with Crippen molar-refractivity contribution in [2.75, 3.05) is 13.2 Å². The van der Waals surface area contributed by atoms with E-state index in [1.807, 2.05) is 0 Å². The summed E-state index contributed by atoms with van der Waals surface area (Å²) in [6.07, 6.45) is 1.80. The Kier molecular flexibility index (Phi) is 7.98. The van der Waals surface area contributed by atoms with E-state index >= 15 is 0 Å². The molecule has 4 N–H and O–H groups in total. The van der Waals surface area contributed by atoms with Gasteiger partial charge in [-0.2, -0.15) is 0 Å². The van der Waals surface area contributed by atoms with Gasteiger partial charge in [-0.1, -0.05) is 32.6 Å². The van der Waals surface area contributed by atoms with Gasteiger partial charge in [-0.05, 0) is 6.42 Å². The summed E-state index contributed by atoms with van der Waals surface area (Å²) in [4.78, 5) is 26.1. The van der Waals surface area contributed by atoms with Crippen molar-refractivity contribution in [2.45, 2.75) is 70.2 Å². The number of hydrogen-bond acceptors (Lipinski definition) is 7. The third-order valence-electron chi connectivity index (χ3n) is 4.48. The fourth-order valence-corrected chi connectivity index (χ4v) is 2.92. The van der Waals surface area contributed by atoms with Gasteiger partial charge in [0.05, 0.1) is 18.8 Å². The SMILES string of the molecule is CCCCCCCOCc1cn([C@@H]2O[C@H](CO)[C@@H](O)[C@H]2O)c(=O)[nH]c1=O. The van der Waals surface area contributed by atoms with E-state index in [0.717, 1.165) is 23.8 Å². The number of ether oxygens (including phenoxy) is 2. The topological polar surface area (TPSA) is 134 Å². The quantitative estimate of drug-likeness (QED) is 0.412. The number of nitrogens with one attached hydrogen (secondary N) is 1. The zero-order valence-corrected chi connectivity index (χ0v) is 15.0. The number of aromatic amines is 1. The van der Waals surface area contributed by atoms with Crippen molar-refractivity contribution in [3.63, 3.8) is 0 Å². The van der Waals surface area contributed by atoms with E-state index in [1.54, 1.807) is 0 Å². The predicted octanol–water partition coefficient (Wildman–Crippen LogP) is -0.365. The van der Waals surface area contributed by atoms with E-state index in [1.165, 1.54) is 19.0 Å². The van der Waals surface area contributed by atoms with Crippen LogP contribution in [0.4, 0.5) is 0 Å². The van der Waals surface area contributed by atoms with Crippen molar-refractivity contribution in [1.29, 1.82) is 0 Å². The van der Waals surface area contributed by atoms with Crippen molar-refractivity contribution in [1.82, 2.24) is 9.55 Å². The summed E-state index contributed by atoms with van der Waals surface area (Å²) >= 11 is 0. The highest BCUT2D eigenvalue weighted by molar-refractivity contribution is 5.05. The molecule has 4 atom stereocenters. The highest BCUT2D eigenvalue weighted by Gasteiger charge is 2.43. The molecule has 26 heavy (non-hydrogen) atoms. The first-order valence-corrected chi connectivity index (χ1v) is 9.04. The molecule has 0 radical (unpaired) electrons. The van der Waals surface area contributed by atoms with Crippen LogP contribution in [-0.4, -0.2) is 56.4 Å². The average Bonchev–Trinajstić information content (AvgIpc) is 2.90. The second kappa shape index (κ2) is 9.98. The summed E-state index contributed by atoms with van der Waals surface area (Å²) in [5, 5.41) is 29.0. The van der Waals surface area contributed by atoms with Crippen molar-refractivity contribution < 1.29 is 24.8 Å². The molecule has 2 rings (SSSR count). The van der Waals surface area contributed by atoms with Crippen LogP contribution in [0.2, 0.25) is 0 Å². The number of aliphatic hydroxyl groups excluding tert-OH is 3. The summed E-state index contributed by atoms with van der Waals surface area (Å²) in [7, 11) is 0. The molecule has 0 saturated carbocycles. The fourth-order valence-electron chi connectivity index (χ4n) is 2.92. The van der Waals surface area contributed by atoms with Crippen LogP contribution in [-0.2, 0) is 16.1 Å². The molecule has 2 heterocycles. The summed E-state index contributed by atoms with van der Waals surface area (Å²) in [5.41, 5.74) is -1.12. The lowest BCUT2D eigenvalue weighted by atomic mass is 10.1. The van der Waals surface area contributed by atoms with Gasteiger partial charge in [0.15, 0.2) is 6.23 Å². The Bertz CT molecular complexity index is 672. The number of aromatic nitrogens is 2. The first kappa shape index (κ1) is 20.8. The Balaban J connectivity index is 2.01. The molecule has 0 unspecified atom stereocenters. The number of rotatable bonds is 10. The Hall–Kier alpha value is -1.52. The Labute approximate surface area is 151 Å². The zero-order chi connectivity index (χ0) is 19.1. The van der Waals surface area contributed by atoms with Crippen molar-refractivity contribution >= 4 is 0 Å². The maximum Gasteiger partial charge on any atom is 0.330 e. The lowest BCUT2D eigenvalue weighted by Gasteiger charge is -2.18. The molecular weight excluding hydrogens is 344 g/mol. The van der Waals surface area contributed by atoms with E-state index in [4.69, 9.17) is 14.6 Å². The van der Waals surface area contributed by atoms with Crippen LogP contribution in [0.1, 0.15) is 50.8 Å². The average molecular weight is 372 g/mol. The predicted molar refractivity (Wildman–Crippen MR) is 92.7 cm³/mol. The maximum atomic E-state index is 12.0. The van der Waals surface area contributed by atoms with Crippen molar-refractivity contribution in [2.24, 2.45) is 0 Å². The van der Waals surface area contributed by atoms with Gasteiger partial charge in [0, 0.05) is 12.8 Å². The van der Waals surface area contributed by atoms with E-state index in [9.17, 15) is 19.8 Å². The molecule has 1 saturated heterocycles. The van der Waals surface area contributed by atoms with E-state index < -0.39 is 42.4 Å². The van der Waals surface area contributed by atoms with Gasteiger partial charge in [-0.3, -0.25) is 14.3 Å². The van der Waals surface area contributed by atoms with E-state index in [2.05, 4.69) is 11.9 Å². The van der Waals surface area contributed by atoms with Crippen LogP contribution in [0.5, 0.6) is 0 Å². The summed E-state index contributed by atoms with van der Waals surface area (Å²) in [6, 6.07) is 0. The minimum Gasteiger partial charge on any atom is -0.394 e. The molecule has 1 aromatic rings. The molecule has 1 aliphatic rings. The van der Waals surface area contributed by atoms with Gasteiger partial charge >= 0.3 is 5.69 Å². The molecule has 1 aliphatic heterocycles. The normalized spacial score (nSPS) is 25.7. The number of H-pyrrole nitrogens is 1. The molecule has 9 nitrogen and oxygen atoms in total.